The van der Waals surface area contributed by atoms with Crippen molar-refractivity contribution in [2.75, 3.05) is 18.9 Å². The molecule has 1 saturated heterocycles. The van der Waals surface area contributed by atoms with Crippen molar-refractivity contribution in [3.8, 4) is 0 Å². The molecule has 0 spiro atoms. The summed E-state index contributed by atoms with van der Waals surface area (Å²) < 4.78 is 5.01. The van der Waals surface area contributed by atoms with Gasteiger partial charge in [-0.25, -0.2) is 4.79 Å². The van der Waals surface area contributed by atoms with Gasteiger partial charge in [0.1, 0.15) is 4.87 Å². The van der Waals surface area contributed by atoms with Gasteiger partial charge in [0.15, 0.2) is 0 Å². The summed E-state index contributed by atoms with van der Waals surface area (Å²) in [6.45, 7) is 4.85. The van der Waals surface area contributed by atoms with Gasteiger partial charge in [-0.1, -0.05) is 19.8 Å². The second kappa shape index (κ2) is 6.87. The summed E-state index contributed by atoms with van der Waals surface area (Å²) in [6.07, 6.45) is 3.01. The number of rotatable bonds is 6. The first-order chi connectivity index (χ1) is 8.55. The Balaban J connectivity index is 2.80. The van der Waals surface area contributed by atoms with E-state index in [2.05, 4.69) is 6.92 Å². The molecule has 1 aliphatic rings. The summed E-state index contributed by atoms with van der Waals surface area (Å²) in [5.74, 6) is 0.570. The van der Waals surface area contributed by atoms with Crippen LogP contribution in [-0.2, 0) is 9.53 Å². The Bertz CT molecular complexity index is 312. The molecule has 6 heteroatoms. The molecule has 18 heavy (non-hydrogen) atoms. The van der Waals surface area contributed by atoms with Gasteiger partial charge in [-0.2, -0.15) is 0 Å². The molecule has 1 aliphatic heterocycles. The zero-order valence-corrected chi connectivity index (χ0v) is 11.9. The van der Waals surface area contributed by atoms with E-state index in [4.69, 9.17) is 10.5 Å². The number of urea groups is 1. The molecular weight excluding hydrogens is 252 g/mol. The molecule has 0 aromatic carbocycles. The van der Waals surface area contributed by atoms with Crippen molar-refractivity contribution >= 4 is 23.8 Å². The van der Waals surface area contributed by atoms with Crippen LogP contribution in [0.2, 0.25) is 0 Å². The molecule has 0 aliphatic carbocycles. The van der Waals surface area contributed by atoms with E-state index in [0.717, 1.165) is 25.0 Å². The van der Waals surface area contributed by atoms with E-state index in [1.807, 2.05) is 0 Å². The minimum Gasteiger partial charge on any atom is -0.466 e. The normalized spacial score (nSPS) is 23.1. The van der Waals surface area contributed by atoms with Crippen molar-refractivity contribution in [1.29, 1.82) is 0 Å². The van der Waals surface area contributed by atoms with E-state index >= 15 is 0 Å². The predicted molar refractivity (Wildman–Crippen MR) is 72.3 cm³/mol. The zero-order chi connectivity index (χ0) is 13.6. The summed E-state index contributed by atoms with van der Waals surface area (Å²) in [4.78, 5) is 24.4. The predicted octanol–water partition coefficient (Wildman–Crippen LogP) is 1.95. The smallest absolute Gasteiger partial charge is 0.315 e. The Morgan fingerprint density at radius 3 is 2.72 bits per heavy atom. The minimum atomic E-state index is -0.492. The molecule has 1 rings (SSSR count). The SMILES string of the molecule is CCCC[C@]1(CC(=O)OCC)SCCN1C(N)=O. The number of hydrogen-bond acceptors (Lipinski definition) is 4. The molecular formula is C12H22N2O3S. The second-order valence-electron chi connectivity index (χ2n) is 4.37. The number of thioether (sulfide) groups is 1. The third-order valence-electron chi connectivity index (χ3n) is 3.09. The zero-order valence-electron chi connectivity index (χ0n) is 11.1. The molecule has 2 amide bonds. The van der Waals surface area contributed by atoms with Crippen molar-refractivity contribution < 1.29 is 14.3 Å². The molecule has 1 atom stereocenters. The number of nitrogens with two attached hydrogens (primary N) is 1. The lowest BCUT2D eigenvalue weighted by Crippen LogP contribution is -2.49. The highest BCUT2D eigenvalue weighted by Gasteiger charge is 2.45. The number of nitrogens with zero attached hydrogens (tertiary/aromatic N) is 1. The first kappa shape index (κ1) is 15.1. The summed E-state index contributed by atoms with van der Waals surface area (Å²) in [6, 6.07) is -0.444. The molecule has 104 valence electrons. The molecule has 0 radical (unpaired) electrons. The van der Waals surface area contributed by atoms with Gasteiger partial charge < -0.3 is 15.4 Å². The first-order valence-electron chi connectivity index (χ1n) is 6.42. The summed E-state index contributed by atoms with van der Waals surface area (Å²) in [5.41, 5.74) is 5.42. The molecule has 0 bridgehead atoms. The highest BCUT2D eigenvalue weighted by molar-refractivity contribution is 8.00. The van der Waals surface area contributed by atoms with Crippen molar-refractivity contribution in [3.05, 3.63) is 0 Å². The van der Waals surface area contributed by atoms with Crippen LogP contribution in [0.5, 0.6) is 0 Å². The number of esters is 1. The van der Waals surface area contributed by atoms with E-state index in [9.17, 15) is 9.59 Å². The van der Waals surface area contributed by atoms with Gasteiger partial charge in [-0.05, 0) is 13.3 Å². The fourth-order valence-electron chi connectivity index (χ4n) is 2.25. The van der Waals surface area contributed by atoms with Crippen molar-refractivity contribution in [2.45, 2.75) is 44.4 Å². The third-order valence-corrected chi connectivity index (χ3v) is 4.58. The lowest BCUT2D eigenvalue weighted by molar-refractivity contribution is -0.144. The Morgan fingerprint density at radius 2 is 2.17 bits per heavy atom. The Morgan fingerprint density at radius 1 is 1.44 bits per heavy atom. The van der Waals surface area contributed by atoms with Gasteiger partial charge in [0.05, 0.1) is 13.0 Å². The third kappa shape index (κ3) is 3.54. The number of hydrogen-bond donors (Lipinski definition) is 1. The summed E-state index contributed by atoms with van der Waals surface area (Å²) >= 11 is 1.64. The Hall–Kier alpha value is -0.910. The Kier molecular flexibility index (Phi) is 5.78. The second-order valence-corrected chi connectivity index (χ2v) is 5.83. The number of ether oxygens (including phenoxy) is 1. The maximum atomic E-state index is 11.7. The van der Waals surface area contributed by atoms with Crippen molar-refractivity contribution in [3.63, 3.8) is 0 Å². The van der Waals surface area contributed by atoms with Gasteiger partial charge in [0.25, 0.3) is 0 Å². The lowest BCUT2D eigenvalue weighted by atomic mass is 10.0. The van der Waals surface area contributed by atoms with E-state index in [0.29, 0.717) is 13.2 Å². The maximum Gasteiger partial charge on any atom is 0.315 e. The van der Waals surface area contributed by atoms with Crippen LogP contribution in [0.1, 0.15) is 39.5 Å². The largest absolute Gasteiger partial charge is 0.466 e. The highest BCUT2D eigenvalue weighted by Crippen LogP contribution is 2.42. The van der Waals surface area contributed by atoms with Gasteiger partial charge in [0.2, 0.25) is 0 Å². The van der Waals surface area contributed by atoms with Crippen LogP contribution in [0, 0.1) is 0 Å². The van der Waals surface area contributed by atoms with E-state index in [1.165, 1.54) is 0 Å². The van der Waals surface area contributed by atoms with Crippen LogP contribution in [0.4, 0.5) is 4.79 Å². The van der Waals surface area contributed by atoms with E-state index in [1.54, 1.807) is 23.6 Å². The number of carbonyl (C=O) groups is 2. The average molecular weight is 274 g/mol. The summed E-state index contributed by atoms with van der Waals surface area (Å²) in [5, 5.41) is 0. The fourth-order valence-corrected chi connectivity index (χ4v) is 3.75. The van der Waals surface area contributed by atoms with E-state index < -0.39 is 10.9 Å². The molecule has 5 nitrogen and oxygen atoms in total. The highest BCUT2D eigenvalue weighted by atomic mass is 32.2. The minimum absolute atomic E-state index is 0.231. The molecule has 0 aromatic rings. The molecule has 0 aromatic heterocycles. The lowest BCUT2D eigenvalue weighted by Gasteiger charge is -2.35. The number of amides is 2. The van der Waals surface area contributed by atoms with Crippen molar-refractivity contribution in [1.82, 2.24) is 4.90 Å². The number of unbranched alkanes of at least 4 members (excludes halogenated alkanes) is 1. The fraction of sp³-hybridized carbons (Fsp3) is 0.833. The number of carbonyl (C=O) groups excluding carboxylic acids is 2. The van der Waals surface area contributed by atoms with Gasteiger partial charge in [-0.15, -0.1) is 11.8 Å². The topological polar surface area (TPSA) is 72.6 Å². The van der Waals surface area contributed by atoms with Gasteiger partial charge in [0, 0.05) is 12.3 Å². The van der Waals surface area contributed by atoms with Crippen LogP contribution < -0.4 is 5.73 Å². The van der Waals surface area contributed by atoms with Crippen LogP contribution in [0.15, 0.2) is 0 Å². The summed E-state index contributed by atoms with van der Waals surface area (Å²) in [7, 11) is 0. The average Bonchev–Trinajstić information content (AvgIpc) is 2.71. The maximum absolute atomic E-state index is 11.7. The monoisotopic (exact) mass is 274 g/mol. The molecule has 2 N–H and O–H groups in total. The van der Waals surface area contributed by atoms with Crippen molar-refractivity contribution in [2.24, 2.45) is 5.73 Å². The molecule has 1 fully saturated rings. The molecule has 1 heterocycles. The standard InChI is InChI=1S/C12H22N2O3S/c1-3-5-6-12(9-10(15)17-4-2)14(11(13)16)7-8-18-12/h3-9H2,1-2H3,(H2,13,16)/t12-/m1/s1. The van der Waals surface area contributed by atoms with Gasteiger partial charge in [-0.3, -0.25) is 4.79 Å². The van der Waals surface area contributed by atoms with Crippen LogP contribution in [0.25, 0.3) is 0 Å². The number of primary amides is 1. The molecule has 0 unspecified atom stereocenters. The molecule has 0 saturated carbocycles. The van der Waals surface area contributed by atoms with Gasteiger partial charge >= 0.3 is 12.0 Å². The van der Waals surface area contributed by atoms with Crippen LogP contribution in [0.3, 0.4) is 0 Å². The Labute approximate surface area is 112 Å². The first-order valence-corrected chi connectivity index (χ1v) is 7.41. The quantitative estimate of drug-likeness (QED) is 0.751. The van der Waals surface area contributed by atoms with Crippen LogP contribution >= 0.6 is 11.8 Å². The van der Waals surface area contributed by atoms with E-state index in [-0.39, 0.29) is 12.4 Å². The van der Waals surface area contributed by atoms with Crippen LogP contribution in [-0.4, -0.2) is 40.7 Å².